The molecule has 0 saturated heterocycles. The largest absolute Gasteiger partial charge is 0.379 e. The van der Waals surface area contributed by atoms with E-state index >= 15 is 0 Å². The summed E-state index contributed by atoms with van der Waals surface area (Å²) in [6.45, 7) is 0.720. The second kappa shape index (κ2) is 6.50. The molecule has 4 heteroatoms. The van der Waals surface area contributed by atoms with Crippen LogP contribution in [0.5, 0.6) is 0 Å². The Morgan fingerprint density at radius 2 is 1.90 bits per heavy atom. The van der Waals surface area contributed by atoms with Gasteiger partial charge in [-0.25, -0.2) is 4.68 Å². The van der Waals surface area contributed by atoms with E-state index in [9.17, 15) is 0 Å². The van der Waals surface area contributed by atoms with Crippen LogP contribution in [0.25, 0.3) is 5.69 Å². The van der Waals surface area contributed by atoms with Crippen molar-refractivity contribution in [1.29, 1.82) is 0 Å². The molecule has 0 aliphatic heterocycles. The zero-order valence-electron chi connectivity index (χ0n) is 11.9. The van der Waals surface area contributed by atoms with Crippen LogP contribution in [0.3, 0.4) is 0 Å². The molecule has 1 N–H and O–H groups in total. The van der Waals surface area contributed by atoms with Crippen molar-refractivity contribution < 1.29 is 0 Å². The molecule has 0 saturated carbocycles. The Morgan fingerprint density at radius 1 is 1.05 bits per heavy atom. The van der Waals surface area contributed by atoms with Gasteiger partial charge in [0.25, 0.3) is 0 Å². The van der Waals surface area contributed by atoms with Gasteiger partial charge in [0.15, 0.2) is 0 Å². The van der Waals surface area contributed by atoms with Gasteiger partial charge in [-0.3, -0.25) is 0 Å². The first-order valence-corrected chi connectivity index (χ1v) is 8.05. The highest BCUT2D eigenvalue weighted by molar-refractivity contribution is 7.98. The predicted molar refractivity (Wildman–Crippen MR) is 89.1 cm³/mol. The van der Waals surface area contributed by atoms with Gasteiger partial charge in [-0.05, 0) is 42.7 Å². The van der Waals surface area contributed by atoms with Crippen molar-refractivity contribution in [2.75, 3.05) is 11.6 Å². The van der Waals surface area contributed by atoms with Gasteiger partial charge in [-0.2, -0.15) is 5.10 Å². The molecule has 0 bridgehead atoms. The minimum atomic E-state index is 0.720. The number of nitrogens with zero attached hydrogens (tertiary/aromatic N) is 2. The van der Waals surface area contributed by atoms with Crippen molar-refractivity contribution in [3.8, 4) is 5.69 Å². The molecule has 0 amide bonds. The number of para-hydroxylation sites is 1. The molecule has 1 heterocycles. The van der Waals surface area contributed by atoms with Crippen molar-refractivity contribution in [1.82, 2.24) is 9.78 Å². The topological polar surface area (TPSA) is 29.9 Å². The lowest BCUT2D eigenvalue weighted by Crippen LogP contribution is -2.02. The average molecular weight is 295 g/mol. The maximum atomic E-state index is 4.59. The maximum Gasteiger partial charge on any atom is 0.0819 e. The van der Waals surface area contributed by atoms with E-state index in [2.05, 4.69) is 40.9 Å². The molecule has 21 heavy (non-hydrogen) atoms. The number of hydrogen-bond acceptors (Lipinski definition) is 3. The predicted octanol–water partition coefficient (Wildman–Crippen LogP) is 4.21. The highest BCUT2D eigenvalue weighted by atomic mass is 32.2. The monoisotopic (exact) mass is 295 g/mol. The molecule has 0 radical (unpaired) electrons. The van der Waals surface area contributed by atoms with Crippen molar-refractivity contribution in [2.24, 2.45) is 0 Å². The molecule has 1 aromatic heterocycles. The summed E-state index contributed by atoms with van der Waals surface area (Å²) < 4.78 is 1.90. The second-order valence-electron chi connectivity index (χ2n) is 4.67. The fourth-order valence-electron chi connectivity index (χ4n) is 2.11. The van der Waals surface area contributed by atoms with Crippen LogP contribution in [-0.2, 0) is 6.54 Å². The van der Waals surface area contributed by atoms with Crippen molar-refractivity contribution in [3.63, 3.8) is 0 Å². The molecule has 3 nitrogen and oxygen atoms in total. The van der Waals surface area contributed by atoms with Crippen LogP contribution in [0.1, 0.15) is 5.69 Å². The Kier molecular flexibility index (Phi) is 4.26. The Bertz CT molecular complexity index is 707. The number of nitrogens with one attached hydrogen (secondary N) is 1. The highest BCUT2D eigenvalue weighted by Crippen LogP contribution is 2.19. The Balaban J connectivity index is 1.67. The third kappa shape index (κ3) is 3.47. The van der Waals surface area contributed by atoms with E-state index in [1.165, 1.54) is 4.90 Å². The van der Waals surface area contributed by atoms with Gasteiger partial charge in [-0.1, -0.05) is 24.3 Å². The number of hydrogen-bond donors (Lipinski definition) is 1. The fourth-order valence-corrected chi connectivity index (χ4v) is 2.57. The molecular weight excluding hydrogens is 278 g/mol. The summed E-state index contributed by atoms with van der Waals surface area (Å²) in [6, 6.07) is 20.6. The molecule has 106 valence electrons. The molecule has 0 atom stereocenters. The highest BCUT2D eigenvalue weighted by Gasteiger charge is 2.01. The standard InChI is InChI=1S/C17H17N3S/c1-21-17-9-5-6-14(12-17)18-13-15-10-11-20(19-15)16-7-3-2-4-8-16/h2-12,18H,13H2,1H3. The minimum Gasteiger partial charge on any atom is -0.379 e. The van der Waals surface area contributed by atoms with E-state index in [0.717, 1.165) is 23.6 Å². The quantitative estimate of drug-likeness (QED) is 0.715. The van der Waals surface area contributed by atoms with E-state index in [0.29, 0.717) is 0 Å². The first-order chi connectivity index (χ1) is 10.3. The van der Waals surface area contributed by atoms with Crippen LogP contribution in [0.15, 0.2) is 71.8 Å². The number of thioether (sulfide) groups is 1. The van der Waals surface area contributed by atoms with Gasteiger partial charge >= 0.3 is 0 Å². The smallest absolute Gasteiger partial charge is 0.0819 e. The molecule has 0 unspecified atom stereocenters. The lowest BCUT2D eigenvalue weighted by atomic mass is 10.3. The lowest BCUT2D eigenvalue weighted by Gasteiger charge is -2.06. The summed E-state index contributed by atoms with van der Waals surface area (Å²) in [6.07, 6.45) is 4.07. The van der Waals surface area contributed by atoms with Crippen molar-refractivity contribution in [3.05, 3.63) is 72.6 Å². The average Bonchev–Trinajstić information content (AvgIpc) is 3.03. The summed E-state index contributed by atoms with van der Waals surface area (Å²) in [7, 11) is 0. The molecular formula is C17H17N3S. The fraction of sp³-hybridized carbons (Fsp3) is 0.118. The van der Waals surface area contributed by atoms with Gasteiger partial charge in [0, 0.05) is 16.8 Å². The van der Waals surface area contributed by atoms with Crippen molar-refractivity contribution >= 4 is 17.4 Å². The molecule has 3 rings (SSSR count). The molecule has 0 fully saturated rings. The van der Waals surface area contributed by atoms with E-state index < -0.39 is 0 Å². The summed E-state index contributed by atoms with van der Waals surface area (Å²) in [5.74, 6) is 0. The third-order valence-electron chi connectivity index (χ3n) is 3.21. The number of rotatable bonds is 5. The zero-order chi connectivity index (χ0) is 14.5. The first kappa shape index (κ1) is 13.8. The summed E-state index contributed by atoms with van der Waals surface area (Å²) in [4.78, 5) is 1.26. The normalized spacial score (nSPS) is 10.5. The van der Waals surface area contributed by atoms with E-state index in [1.54, 1.807) is 11.8 Å². The van der Waals surface area contributed by atoms with Gasteiger partial charge in [0.05, 0.1) is 17.9 Å². The zero-order valence-corrected chi connectivity index (χ0v) is 12.7. The Hall–Kier alpha value is -2.20. The van der Waals surface area contributed by atoms with Gasteiger partial charge in [-0.15, -0.1) is 11.8 Å². The van der Waals surface area contributed by atoms with Crippen molar-refractivity contribution in [2.45, 2.75) is 11.4 Å². The first-order valence-electron chi connectivity index (χ1n) is 6.83. The van der Waals surface area contributed by atoms with E-state index in [4.69, 9.17) is 0 Å². The second-order valence-corrected chi connectivity index (χ2v) is 5.55. The van der Waals surface area contributed by atoms with Crippen LogP contribution in [-0.4, -0.2) is 16.0 Å². The SMILES string of the molecule is CSc1cccc(NCc2ccn(-c3ccccc3)n2)c1. The maximum absolute atomic E-state index is 4.59. The number of aromatic nitrogens is 2. The molecule has 0 aliphatic rings. The summed E-state index contributed by atoms with van der Waals surface area (Å²) in [5, 5.41) is 8.00. The lowest BCUT2D eigenvalue weighted by molar-refractivity contribution is 0.844. The number of benzene rings is 2. The van der Waals surface area contributed by atoms with E-state index in [-0.39, 0.29) is 0 Å². The van der Waals surface area contributed by atoms with Crippen LogP contribution in [0.2, 0.25) is 0 Å². The van der Waals surface area contributed by atoms with Crippen LogP contribution in [0.4, 0.5) is 5.69 Å². The third-order valence-corrected chi connectivity index (χ3v) is 3.93. The molecule has 3 aromatic rings. The molecule has 2 aromatic carbocycles. The van der Waals surface area contributed by atoms with Crippen LogP contribution in [0, 0.1) is 0 Å². The summed E-state index contributed by atoms with van der Waals surface area (Å²) in [5.41, 5.74) is 3.22. The summed E-state index contributed by atoms with van der Waals surface area (Å²) >= 11 is 1.75. The Labute approximate surface area is 129 Å². The van der Waals surface area contributed by atoms with Crippen LogP contribution >= 0.6 is 11.8 Å². The van der Waals surface area contributed by atoms with Gasteiger partial charge in [0.2, 0.25) is 0 Å². The van der Waals surface area contributed by atoms with Gasteiger partial charge in [0.1, 0.15) is 0 Å². The molecule has 0 spiro atoms. The Morgan fingerprint density at radius 3 is 2.71 bits per heavy atom. The number of anilines is 1. The van der Waals surface area contributed by atoms with Crippen LogP contribution < -0.4 is 5.32 Å². The van der Waals surface area contributed by atoms with E-state index in [1.807, 2.05) is 47.3 Å². The minimum absolute atomic E-state index is 0.720. The van der Waals surface area contributed by atoms with Gasteiger partial charge < -0.3 is 5.32 Å². The molecule has 0 aliphatic carbocycles.